The lowest BCUT2D eigenvalue weighted by Crippen LogP contribution is -1.72. The highest BCUT2D eigenvalue weighted by Crippen LogP contribution is 2.35. The monoisotopic (exact) mass is 95.1 g/mol. The highest BCUT2D eigenvalue weighted by atomic mass is 14.7. The predicted molar refractivity (Wildman–Crippen MR) is 31.4 cm³/mol. The summed E-state index contributed by atoms with van der Waals surface area (Å²) in [6.45, 7) is 7.08. The summed E-state index contributed by atoms with van der Waals surface area (Å²) in [6.07, 6.45) is 2.55. The molecule has 0 aromatic rings. The summed E-state index contributed by atoms with van der Waals surface area (Å²) in [6, 6.07) is 0. The van der Waals surface area contributed by atoms with Gasteiger partial charge in [0.2, 0.25) is 0 Å². The molecule has 1 fully saturated rings. The smallest absolute Gasteiger partial charge is 0.0355 e. The Morgan fingerprint density at radius 3 is 2.29 bits per heavy atom. The molecule has 0 saturated heterocycles. The van der Waals surface area contributed by atoms with Gasteiger partial charge in [-0.2, -0.15) is 0 Å². The van der Waals surface area contributed by atoms with Crippen LogP contribution in [0.25, 0.3) is 0 Å². The summed E-state index contributed by atoms with van der Waals surface area (Å²) in [5, 5.41) is 0. The summed E-state index contributed by atoms with van der Waals surface area (Å²) in [5.74, 6) is 0.692. The standard InChI is InChI=1S/C6H9N/c1-5(7-2)6-3-4-6/h6H,1-4H2. The molecule has 0 radical (unpaired) electrons. The van der Waals surface area contributed by atoms with Gasteiger partial charge in [0.05, 0.1) is 0 Å². The van der Waals surface area contributed by atoms with Crippen molar-refractivity contribution in [2.75, 3.05) is 0 Å². The van der Waals surface area contributed by atoms with Crippen LogP contribution in [-0.4, -0.2) is 6.72 Å². The second-order valence-electron chi connectivity index (χ2n) is 1.92. The average Bonchev–Trinajstić information content (AvgIpc) is 2.44. The van der Waals surface area contributed by atoms with Gasteiger partial charge in [0.25, 0.3) is 0 Å². The van der Waals surface area contributed by atoms with Gasteiger partial charge in [-0.05, 0) is 19.6 Å². The number of rotatable bonds is 2. The van der Waals surface area contributed by atoms with Crippen molar-refractivity contribution in [3.8, 4) is 0 Å². The van der Waals surface area contributed by atoms with Gasteiger partial charge in [0.15, 0.2) is 0 Å². The van der Waals surface area contributed by atoms with Crippen LogP contribution in [0.1, 0.15) is 12.8 Å². The van der Waals surface area contributed by atoms with Crippen molar-refractivity contribution in [2.24, 2.45) is 10.9 Å². The van der Waals surface area contributed by atoms with Crippen LogP contribution in [-0.2, 0) is 0 Å². The number of hydrogen-bond donors (Lipinski definition) is 0. The van der Waals surface area contributed by atoms with E-state index in [9.17, 15) is 0 Å². The summed E-state index contributed by atoms with van der Waals surface area (Å²) in [7, 11) is 0. The third-order valence-electron chi connectivity index (χ3n) is 1.25. The van der Waals surface area contributed by atoms with Crippen molar-refractivity contribution in [3.63, 3.8) is 0 Å². The zero-order valence-corrected chi connectivity index (χ0v) is 4.35. The molecule has 0 spiro atoms. The van der Waals surface area contributed by atoms with Gasteiger partial charge in [-0.15, -0.1) is 0 Å². The van der Waals surface area contributed by atoms with E-state index in [1.807, 2.05) is 0 Å². The Hall–Kier alpha value is -0.590. The molecular weight excluding hydrogens is 86.1 g/mol. The van der Waals surface area contributed by atoms with Crippen molar-refractivity contribution in [1.82, 2.24) is 0 Å². The Kier molecular flexibility index (Phi) is 0.970. The van der Waals surface area contributed by atoms with Crippen molar-refractivity contribution >= 4 is 6.72 Å². The van der Waals surface area contributed by atoms with Gasteiger partial charge in [-0.1, -0.05) is 6.58 Å². The van der Waals surface area contributed by atoms with Crippen molar-refractivity contribution < 1.29 is 0 Å². The normalized spacial score (nSPS) is 18.9. The molecule has 1 heteroatoms. The molecule has 1 rings (SSSR count). The molecule has 0 N–H and O–H groups in total. The molecule has 0 aromatic carbocycles. The second kappa shape index (κ2) is 1.49. The van der Waals surface area contributed by atoms with E-state index in [-0.39, 0.29) is 0 Å². The molecule has 0 amide bonds. The van der Waals surface area contributed by atoms with Gasteiger partial charge >= 0.3 is 0 Å². The number of hydrogen-bond acceptors (Lipinski definition) is 1. The van der Waals surface area contributed by atoms with E-state index in [1.54, 1.807) is 0 Å². The Morgan fingerprint density at radius 2 is 2.14 bits per heavy atom. The van der Waals surface area contributed by atoms with E-state index in [2.05, 4.69) is 18.3 Å². The molecule has 38 valence electrons. The number of aliphatic imine (C=N–C) groups is 1. The quantitative estimate of drug-likeness (QED) is 0.462. The first-order valence-electron chi connectivity index (χ1n) is 2.50. The second-order valence-corrected chi connectivity index (χ2v) is 1.92. The highest BCUT2D eigenvalue weighted by Gasteiger charge is 2.23. The lowest BCUT2D eigenvalue weighted by molar-refractivity contribution is 0.995. The number of allylic oxidation sites excluding steroid dienone is 1. The molecule has 1 nitrogen and oxygen atoms in total. The van der Waals surface area contributed by atoms with E-state index >= 15 is 0 Å². The minimum atomic E-state index is 0.692. The Morgan fingerprint density at radius 1 is 1.57 bits per heavy atom. The van der Waals surface area contributed by atoms with Crippen molar-refractivity contribution in [1.29, 1.82) is 0 Å². The van der Waals surface area contributed by atoms with Crippen molar-refractivity contribution in [2.45, 2.75) is 12.8 Å². The Labute approximate surface area is 43.8 Å². The molecule has 7 heavy (non-hydrogen) atoms. The zero-order chi connectivity index (χ0) is 5.28. The molecule has 1 aliphatic carbocycles. The minimum absolute atomic E-state index is 0.692. The Bertz CT molecular complexity index is 101. The first-order chi connectivity index (χ1) is 3.34. The van der Waals surface area contributed by atoms with Gasteiger partial charge in [0.1, 0.15) is 0 Å². The molecule has 1 saturated carbocycles. The van der Waals surface area contributed by atoms with Crippen LogP contribution in [0.2, 0.25) is 0 Å². The fraction of sp³-hybridized carbons (Fsp3) is 0.500. The molecule has 1 aliphatic rings. The summed E-state index contributed by atoms with van der Waals surface area (Å²) < 4.78 is 0. The molecule has 0 unspecified atom stereocenters. The van der Waals surface area contributed by atoms with Crippen LogP contribution in [0.15, 0.2) is 17.3 Å². The maximum Gasteiger partial charge on any atom is 0.0355 e. The molecule has 0 heterocycles. The third-order valence-corrected chi connectivity index (χ3v) is 1.25. The lowest BCUT2D eigenvalue weighted by atomic mass is 10.3. The van der Waals surface area contributed by atoms with Gasteiger partial charge in [0, 0.05) is 11.6 Å². The SMILES string of the molecule is C=NC(=C)C1CC1. The predicted octanol–water partition coefficient (Wildman–Crippen LogP) is 1.61. The van der Waals surface area contributed by atoms with E-state index < -0.39 is 0 Å². The molecule has 0 aromatic heterocycles. The maximum absolute atomic E-state index is 3.71. The van der Waals surface area contributed by atoms with E-state index in [0.717, 1.165) is 5.70 Å². The average molecular weight is 95.1 g/mol. The molecule has 0 aliphatic heterocycles. The lowest BCUT2D eigenvalue weighted by Gasteiger charge is -1.86. The number of nitrogens with zero attached hydrogens (tertiary/aromatic N) is 1. The van der Waals surface area contributed by atoms with Crippen LogP contribution in [0, 0.1) is 5.92 Å². The topological polar surface area (TPSA) is 12.4 Å². The summed E-state index contributed by atoms with van der Waals surface area (Å²) in [5.41, 5.74) is 0.972. The van der Waals surface area contributed by atoms with Gasteiger partial charge in [-0.3, -0.25) is 4.99 Å². The van der Waals surface area contributed by atoms with Gasteiger partial charge in [-0.25, -0.2) is 0 Å². The minimum Gasteiger partial charge on any atom is -0.269 e. The van der Waals surface area contributed by atoms with Crippen molar-refractivity contribution in [3.05, 3.63) is 12.3 Å². The third kappa shape index (κ3) is 0.889. The van der Waals surface area contributed by atoms with E-state index in [1.165, 1.54) is 12.8 Å². The van der Waals surface area contributed by atoms with Crippen LogP contribution < -0.4 is 0 Å². The molecular formula is C6H9N. The Balaban J connectivity index is 2.37. The summed E-state index contributed by atoms with van der Waals surface area (Å²) in [4.78, 5) is 3.71. The van der Waals surface area contributed by atoms with Crippen LogP contribution in [0.5, 0.6) is 0 Å². The van der Waals surface area contributed by atoms with Crippen LogP contribution in [0.4, 0.5) is 0 Å². The van der Waals surface area contributed by atoms with E-state index in [0.29, 0.717) is 5.92 Å². The maximum atomic E-state index is 3.71. The molecule has 0 atom stereocenters. The summed E-state index contributed by atoms with van der Waals surface area (Å²) >= 11 is 0. The van der Waals surface area contributed by atoms with Gasteiger partial charge < -0.3 is 0 Å². The zero-order valence-electron chi connectivity index (χ0n) is 4.35. The van der Waals surface area contributed by atoms with Crippen LogP contribution >= 0.6 is 0 Å². The first kappa shape index (κ1) is 4.57. The van der Waals surface area contributed by atoms with Crippen LogP contribution in [0.3, 0.4) is 0 Å². The fourth-order valence-electron chi connectivity index (χ4n) is 0.546. The first-order valence-corrected chi connectivity index (χ1v) is 2.50. The largest absolute Gasteiger partial charge is 0.269 e. The fourth-order valence-corrected chi connectivity index (χ4v) is 0.546. The molecule has 0 bridgehead atoms. The highest BCUT2D eigenvalue weighted by molar-refractivity contribution is 5.29. The van der Waals surface area contributed by atoms with E-state index in [4.69, 9.17) is 0 Å².